The fourth-order valence-electron chi connectivity index (χ4n) is 8.04. The number of aliphatic hydroxyl groups excluding tert-OH is 1. The number of Topliss-reactive ketones (excluding diaryl/α,β-unsaturated/α-hetero) is 1. The SMILES string of the molecule is CC1CC2C3CCC4=CC(=O)C=CC4(C)[C@@]3(Cl)C(Cl)CC2(C)[C@@]1(OC(=O)c1ccoc1)C(=O)CO. The van der Waals surface area contributed by atoms with Crippen LogP contribution in [-0.4, -0.2) is 45.1 Å². The lowest BCUT2D eigenvalue weighted by atomic mass is 9.46. The molecule has 188 valence electrons. The van der Waals surface area contributed by atoms with E-state index in [2.05, 4.69) is 0 Å². The van der Waals surface area contributed by atoms with Crippen LogP contribution in [0.25, 0.3) is 0 Å². The molecule has 0 saturated heterocycles. The van der Waals surface area contributed by atoms with Gasteiger partial charge >= 0.3 is 5.97 Å². The number of ketones is 2. The number of esters is 1. The first-order valence-corrected chi connectivity index (χ1v) is 12.9. The summed E-state index contributed by atoms with van der Waals surface area (Å²) in [6.45, 7) is 5.15. The molecule has 35 heavy (non-hydrogen) atoms. The number of allylic oxidation sites excluding steroid dienone is 4. The van der Waals surface area contributed by atoms with E-state index in [1.54, 1.807) is 12.2 Å². The third-order valence-corrected chi connectivity index (χ3v) is 11.3. The lowest BCUT2D eigenvalue weighted by Crippen LogP contribution is -2.68. The van der Waals surface area contributed by atoms with Gasteiger partial charge in [-0.3, -0.25) is 9.59 Å². The van der Waals surface area contributed by atoms with Gasteiger partial charge in [-0.15, -0.1) is 23.2 Å². The van der Waals surface area contributed by atoms with E-state index in [9.17, 15) is 19.5 Å². The van der Waals surface area contributed by atoms with Crippen molar-refractivity contribution < 1.29 is 28.6 Å². The molecule has 0 aromatic carbocycles. The summed E-state index contributed by atoms with van der Waals surface area (Å²) in [7, 11) is 0. The Balaban J connectivity index is 1.61. The van der Waals surface area contributed by atoms with Gasteiger partial charge in [0.15, 0.2) is 11.4 Å². The van der Waals surface area contributed by atoms with Crippen LogP contribution in [-0.2, 0) is 14.3 Å². The number of fused-ring (bicyclic) bond motifs is 5. The predicted octanol–water partition coefficient (Wildman–Crippen LogP) is 4.87. The number of furan rings is 1. The molecular weight excluding hydrogens is 491 g/mol. The molecule has 5 rings (SSSR count). The second-order valence-electron chi connectivity index (χ2n) is 11.1. The van der Waals surface area contributed by atoms with Crippen molar-refractivity contribution in [2.24, 2.45) is 28.6 Å². The van der Waals surface area contributed by atoms with Crippen LogP contribution in [0.15, 0.2) is 46.8 Å². The van der Waals surface area contributed by atoms with Gasteiger partial charge in [0.1, 0.15) is 12.9 Å². The van der Waals surface area contributed by atoms with Crippen LogP contribution < -0.4 is 0 Å². The largest absolute Gasteiger partial charge is 0.472 e. The highest BCUT2D eigenvalue weighted by Gasteiger charge is 2.76. The molecule has 3 fully saturated rings. The molecular formula is C27H30Cl2O6. The van der Waals surface area contributed by atoms with Gasteiger partial charge in [-0.2, -0.15) is 0 Å². The lowest BCUT2D eigenvalue weighted by Gasteiger charge is -2.64. The van der Waals surface area contributed by atoms with Crippen molar-refractivity contribution in [2.45, 2.75) is 62.3 Å². The van der Waals surface area contributed by atoms with Crippen molar-refractivity contribution in [3.8, 4) is 0 Å². The van der Waals surface area contributed by atoms with E-state index in [0.717, 1.165) is 5.57 Å². The van der Waals surface area contributed by atoms with E-state index in [0.29, 0.717) is 25.7 Å². The smallest absolute Gasteiger partial charge is 0.342 e. The summed E-state index contributed by atoms with van der Waals surface area (Å²) in [4.78, 5) is 37.9. The topological polar surface area (TPSA) is 93.8 Å². The number of alkyl halides is 2. The van der Waals surface area contributed by atoms with Gasteiger partial charge in [-0.1, -0.05) is 32.4 Å². The maximum Gasteiger partial charge on any atom is 0.342 e. The van der Waals surface area contributed by atoms with E-state index in [1.807, 2.05) is 26.8 Å². The minimum absolute atomic E-state index is 0.0452. The Morgan fingerprint density at radius 1 is 1.29 bits per heavy atom. The Labute approximate surface area is 214 Å². The van der Waals surface area contributed by atoms with E-state index in [-0.39, 0.29) is 29.1 Å². The molecule has 0 bridgehead atoms. The minimum atomic E-state index is -1.55. The number of carbonyl (C=O) groups excluding carboxylic acids is 3. The fourth-order valence-corrected chi connectivity index (χ4v) is 9.27. The molecule has 0 radical (unpaired) electrons. The summed E-state index contributed by atoms with van der Waals surface area (Å²) in [6, 6.07) is 1.49. The number of hydrogen-bond acceptors (Lipinski definition) is 6. The van der Waals surface area contributed by atoms with Crippen molar-refractivity contribution in [3.05, 3.63) is 48.0 Å². The molecule has 0 spiro atoms. The van der Waals surface area contributed by atoms with Crippen LogP contribution >= 0.6 is 23.2 Å². The molecule has 1 N–H and O–H groups in total. The zero-order valence-electron chi connectivity index (χ0n) is 20.1. The van der Waals surface area contributed by atoms with Crippen molar-refractivity contribution in [3.63, 3.8) is 0 Å². The van der Waals surface area contributed by atoms with E-state index in [1.165, 1.54) is 18.6 Å². The van der Waals surface area contributed by atoms with Crippen molar-refractivity contribution in [1.29, 1.82) is 0 Å². The quantitative estimate of drug-likeness (QED) is 0.449. The summed E-state index contributed by atoms with van der Waals surface area (Å²) in [5.74, 6) is -1.77. The van der Waals surface area contributed by atoms with Gasteiger partial charge in [0.05, 0.1) is 22.1 Å². The van der Waals surface area contributed by atoms with E-state index in [4.69, 9.17) is 32.4 Å². The maximum absolute atomic E-state index is 13.5. The lowest BCUT2D eigenvalue weighted by molar-refractivity contribution is -0.169. The Kier molecular flexibility index (Phi) is 5.71. The molecule has 0 aliphatic heterocycles. The monoisotopic (exact) mass is 520 g/mol. The summed E-state index contributed by atoms with van der Waals surface area (Å²) in [5, 5.41) is 9.45. The van der Waals surface area contributed by atoms with E-state index < -0.39 is 45.0 Å². The van der Waals surface area contributed by atoms with Crippen molar-refractivity contribution in [2.75, 3.05) is 6.61 Å². The number of aliphatic hydroxyl groups is 1. The van der Waals surface area contributed by atoms with Crippen LogP contribution in [0.1, 0.15) is 56.8 Å². The molecule has 1 heterocycles. The molecule has 8 atom stereocenters. The Morgan fingerprint density at radius 2 is 2.03 bits per heavy atom. The highest BCUT2D eigenvalue weighted by molar-refractivity contribution is 6.34. The van der Waals surface area contributed by atoms with Crippen molar-refractivity contribution >= 4 is 40.7 Å². The standard InChI is InChI=1S/C27H30Cl2O6/c1-15-10-20-19-5-4-17-11-18(31)6-8-24(17,2)26(19,29)21(28)12-25(20,3)27(15,22(32)13-30)35-23(33)16-7-9-34-14-16/h6-9,11,14-15,19-21,30H,4-5,10,12-13H2,1-3H3/t15?,19?,20?,21?,24?,25?,26-,27-/m0/s1. The number of halogens is 2. The van der Waals surface area contributed by atoms with Gasteiger partial charge in [-0.05, 0) is 55.7 Å². The number of rotatable bonds is 4. The molecule has 6 unspecified atom stereocenters. The van der Waals surface area contributed by atoms with Crippen LogP contribution in [0.4, 0.5) is 0 Å². The molecule has 4 aliphatic rings. The van der Waals surface area contributed by atoms with Gasteiger partial charge in [0.25, 0.3) is 0 Å². The fraction of sp³-hybridized carbons (Fsp3) is 0.593. The Bertz CT molecular complexity index is 1140. The molecule has 1 aromatic rings. The van der Waals surface area contributed by atoms with E-state index >= 15 is 0 Å². The first kappa shape index (κ1) is 24.8. The Morgan fingerprint density at radius 3 is 2.69 bits per heavy atom. The second kappa shape index (κ2) is 8.06. The molecule has 8 heteroatoms. The number of ether oxygens (including phenoxy) is 1. The summed E-state index contributed by atoms with van der Waals surface area (Å²) < 4.78 is 11.1. The molecule has 0 amide bonds. The minimum Gasteiger partial charge on any atom is -0.472 e. The van der Waals surface area contributed by atoms with Crippen LogP contribution in [0.2, 0.25) is 0 Å². The number of hydrogen-bond donors (Lipinski definition) is 1. The first-order chi connectivity index (χ1) is 16.5. The molecule has 6 nitrogen and oxygen atoms in total. The summed E-state index contributed by atoms with van der Waals surface area (Å²) >= 11 is 14.8. The normalized spacial score (nSPS) is 44.2. The zero-order valence-corrected chi connectivity index (χ0v) is 21.6. The molecule has 4 aliphatic carbocycles. The third kappa shape index (κ3) is 3.02. The molecule has 3 saturated carbocycles. The van der Waals surface area contributed by atoms with Crippen LogP contribution in [0, 0.1) is 28.6 Å². The highest BCUT2D eigenvalue weighted by Crippen LogP contribution is 2.73. The average Bonchev–Trinajstić information content (AvgIpc) is 3.42. The van der Waals surface area contributed by atoms with Gasteiger partial charge in [0, 0.05) is 16.7 Å². The maximum atomic E-state index is 13.5. The second-order valence-corrected chi connectivity index (χ2v) is 12.2. The number of carbonyl (C=O) groups is 3. The summed E-state index contributed by atoms with van der Waals surface area (Å²) in [5.41, 5.74) is -1.81. The zero-order chi connectivity index (χ0) is 25.4. The van der Waals surface area contributed by atoms with Gasteiger partial charge in [0.2, 0.25) is 5.78 Å². The molecule has 1 aromatic heterocycles. The van der Waals surface area contributed by atoms with Gasteiger partial charge < -0.3 is 14.3 Å². The Hall–Kier alpha value is -1.89. The predicted molar refractivity (Wildman–Crippen MR) is 130 cm³/mol. The highest BCUT2D eigenvalue weighted by atomic mass is 35.5. The van der Waals surface area contributed by atoms with Crippen molar-refractivity contribution in [1.82, 2.24) is 0 Å². The first-order valence-electron chi connectivity index (χ1n) is 12.1. The van der Waals surface area contributed by atoms with Crippen LogP contribution in [0.3, 0.4) is 0 Å². The third-order valence-electron chi connectivity index (χ3n) is 9.71. The van der Waals surface area contributed by atoms with Crippen LogP contribution in [0.5, 0.6) is 0 Å². The summed E-state index contributed by atoms with van der Waals surface area (Å²) in [6.07, 6.45) is 10.1. The average molecular weight is 521 g/mol. The van der Waals surface area contributed by atoms with Gasteiger partial charge in [-0.25, -0.2) is 4.79 Å².